The molecule has 21 heavy (non-hydrogen) atoms. The van der Waals surface area contributed by atoms with E-state index in [1.54, 1.807) is 19.2 Å². The zero-order valence-electron chi connectivity index (χ0n) is 11.4. The SMILES string of the molecule is COc1ccc2cc(-c3ccnc(C(=O)O)c3)ccc2c1. The number of aromatic nitrogens is 1. The van der Waals surface area contributed by atoms with Crippen LogP contribution in [0.4, 0.5) is 0 Å². The number of hydrogen-bond donors (Lipinski definition) is 1. The molecule has 0 aliphatic heterocycles. The van der Waals surface area contributed by atoms with Crippen molar-refractivity contribution in [2.24, 2.45) is 0 Å². The number of fused-ring (bicyclic) bond motifs is 1. The van der Waals surface area contributed by atoms with Gasteiger partial charge in [0.05, 0.1) is 7.11 Å². The molecule has 0 atom stereocenters. The number of carboxylic acid groups (broad SMARTS) is 1. The molecule has 1 aromatic heterocycles. The van der Waals surface area contributed by atoms with Crippen molar-refractivity contribution in [2.75, 3.05) is 7.11 Å². The lowest BCUT2D eigenvalue weighted by Crippen LogP contribution is -1.99. The van der Waals surface area contributed by atoms with E-state index >= 15 is 0 Å². The highest BCUT2D eigenvalue weighted by atomic mass is 16.5. The van der Waals surface area contributed by atoms with Crippen LogP contribution < -0.4 is 4.74 Å². The van der Waals surface area contributed by atoms with E-state index < -0.39 is 5.97 Å². The van der Waals surface area contributed by atoms with Gasteiger partial charge in [0.25, 0.3) is 0 Å². The highest BCUT2D eigenvalue weighted by molar-refractivity contribution is 5.90. The van der Waals surface area contributed by atoms with Crippen LogP contribution in [0.15, 0.2) is 54.7 Å². The van der Waals surface area contributed by atoms with Gasteiger partial charge in [0.2, 0.25) is 0 Å². The highest BCUT2D eigenvalue weighted by Crippen LogP contribution is 2.27. The Kier molecular flexibility index (Phi) is 3.28. The summed E-state index contributed by atoms with van der Waals surface area (Å²) in [5, 5.41) is 11.2. The summed E-state index contributed by atoms with van der Waals surface area (Å²) in [6.07, 6.45) is 1.51. The zero-order chi connectivity index (χ0) is 14.8. The van der Waals surface area contributed by atoms with Gasteiger partial charge in [0.15, 0.2) is 0 Å². The molecule has 0 saturated heterocycles. The van der Waals surface area contributed by atoms with Gasteiger partial charge in [0.1, 0.15) is 11.4 Å². The topological polar surface area (TPSA) is 59.4 Å². The van der Waals surface area contributed by atoms with Gasteiger partial charge in [-0.25, -0.2) is 9.78 Å². The number of aromatic carboxylic acids is 1. The van der Waals surface area contributed by atoms with Crippen molar-refractivity contribution >= 4 is 16.7 Å². The number of hydrogen-bond acceptors (Lipinski definition) is 3. The second-order valence-corrected chi connectivity index (χ2v) is 4.66. The Morgan fingerprint density at radius 1 is 1.00 bits per heavy atom. The predicted molar refractivity (Wildman–Crippen MR) is 80.7 cm³/mol. The third-order valence-electron chi connectivity index (χ3n) is 3.36. The predicted octanol–water partition coefficient (Wildman–Crippen LogP) is 3.61. The summed E-state index contributed by atoms with van der Waals surface area (Å²) < 4.78 is 5.21. The van der Waals surface area contributed by atoms with Crippen LogP contribution in [-0.4, -0.2) is 23.2 Å². The molecule has 0 fully saturated rings. The number of pyridine rings is 1. The van der Waals surface area contributed by atoms with E-state index in [2.05, 4.69) is 4.98 Å². The maximum atomic E-state index is 11.0. The molecule has 3 aromatic rings. The van der Waals surface area contributed by atoms with Crippen molar-refractivity contribution in [3.05, 3.63) is 60.4 Å². The molecule has 0 unspecified atom stereocenters. The smallest absolute Gasteiger partial charge is 0.354 e. The molecule has 0 amide bonds. The van der Waals surface area contributed by atoms with Gasteiger partial charge in [-0.3, -0.25) is 0 Å². The normalized spacial score (nSPS) is 10.5. The molecule has 0 radical (unpaired) electrons. The molecule has 0 spiro atoms. The number of nitrogens with zero attached hydrogens (tertiary/aromatic N) is 1. The quantitative estimate of drug-likeness (QED) is 0.795. The monoisotopic (exact) mass is 279 g/mol. The third-order valence-corrected chi connectivity index (χ3v) is 3.36. The standard InChI is InChI=1S/C17H13NO3/c1-21-15-5-4-12-8-11(2-3-13(12)9-15)14-6-7-18-16(10-14)17(19)20/h2-10H,1H3,(H,19,20). The van der Waals surface area contributed by atoms with Gasteiger partial charge in [-0.05, 0) is 52.2 Å². The zero-order valence-corrected chi connectivity index (χ0v) is 11.4. The first kappa shape index (κ1) is 13.1. The fourth-order valence-corrected chi connectivity index (χ4v) is 2.26. The van der Waals surface area contributed by atoms with Crippen LogP contribution in [0, 0.1) is 0 Å². The van der Waals surface area contributed by atoms with Crippen LogP contribution in [0.2, 0.25) is 0 Å². The summed E-state index contributed by atoms with van der Waals surface area (Å²) in [6.45, 7) is 0. The maximum absolute atomic E-state index is 11.0. The van der Waals surface area contributed by atoms with Gasteiger partial charge < -0.3 is 9.84 Å². The highest BCUT2D eigenvalue weighted by Gasteiger charge is 2.07. The van der Waals surface area contributed by atoms with Crippen molar-refractivity contribution in [3.8, 4) is 16.9 Å². The Morgan fingerprint density at radius 2 is 1.71 bits per heavy atom. The number of carbonyl (C=O) groups is 1. The molecule has 0 bridgehead atoms. The molecule has 0 saturated carbocycles. The van der Waals surface area contributed by atoms with Crippen molar-refractivity contribution in [1.82, 2.24) is 4.98 Å². The van der Waals surface area contributed by atoms with Crippen molar-refractivity contribution < 1.29 is 14.6 Å². The summed E-state index contributed by atoms with van der Waals surface area (Å²) in [4.78, 5) is 14.8. The van der Waals surface area contributed by atoms with E-state index in [0.717, 1.165) is 27.6 Å². The van der Waals surface area contributed by atoms with Gasteiger partial charge >= 0.3 is 5.97 Å². The molecule has 4 heteroatoms. The average Bonchev–Trinajstić information content (AvgIpc) is 2.54. The van der Waals surface area contributed by atoms with Gasteiger partial charge in [0, 0.05) is 6.20 Å². The Balaban J connectivity index is 2.08. The minimum Gasteiger partial charge on any atom is -0.497 e. The van der Waals surface area contributed by atoms with Gasteiger partial charge in [-0.1, -0.05) is 18.2 Å². The lowest BCUT2D eigenvalue weighted by atomic mass is 10.0. The summed E-state index contributed by atoms with van der Waals surface area (Å²) in [5.41, 5.74) is 1.83. The number of ether oxygens (including phenoxy) is 1. The average molecular weight is 279 g/mol. The molecule has 104 valence electrons. The Labute approximate surface area is 121 Å². The first-order chi connectivity index (χ1) is 10.2. The summed E-state index contributed by atoms with van der Waals surface area (Å²) in [7, 11) is 1.64. The Hall–Kier alpha value is -2.88. The van der Waals surface area contributed by atoms with E-state index in [4.69, 9.17) is 9.84 Å². The number of rotatable bonds is 3. The summed E-state index contributed by atoms with van der Waals surface area (Å²) in [6, 6.07) is 15.2. The van der Waals surface area contributed by atoms with E-state index in [0.29, 0.717) is 0 Å². The molecule has 0 aliphatic rings. The first-order valence-corrected chi connectivity index (χ1v) is 6.45. The molecule has 0 aliphatic carbocycles. The van der Waals surface area contributed by atoms with E-state index in [1.807, 2.05) is 36.4 Å². The molecular formula is C17H13NO3. The van der Waals surface area contributed by atoms with Crippen LogP contribution in [-0.2, 0) is 0 Å². The minimum absolute atomic E-state index is 0.0438. The van der Waals surface area contributed by atoms with Gasteiger partial charge in [-0.15, -0.1) is 0 Å². The van der Waals surface area contributed by atoms with Crippen LogP contribution in [0.3, 0.4) is 0 Å². The maximum Gasteiger partial charge on any atom is 0.354 e. The van der Waals surface area contributed by atoms with Crippen LogP contribution >= 0.6 is 0 Å². The van der Waals surface area contributed by atoms with E-state index in [1.165, 1.54) is 6.20 Å². The second kappa shape index (κ2) is 5.25. The van der Waals surface area contributed by atoms with Crippen molar-refractivity contribution in [2.45, 2.75) is 0 Å². The lowest BCUT2D eigenvalue weighted by Gasteiger charge is -2.06. The molecule has 1 N–H and O–H groups in total. The first-order valence-electron chi connectivity index (χ1n) is 6.45. The molecule has 4 nitrogen and oxygen atoms in total. The summed E-state index contributed by atoms with van der Waals surface area (Å²) in [5.74, 6) is -0.213. The number of methoxy groups -OCH3 is 1. The van der Waals surface area contributed by atoms with E-state index in [9.17, 15) is 4.79 Å². The van der Waals surface area contributed by atoms with Gasteiger partial charge in [-0.2, -0.15) is 0 Å². The molecule has 2 aromatic carbocycles. The Bertz CT molecular complexity index is 827. The van der Waals surface area contributed by atoms with Crippen LogP contribution in [0.1, 0.15) is 10.5 Å². The molecule has 3 rings (SSSR count). The number of carboxylic acids is 1. The number of benzene rings is 2. The molecular weight excluding hydrogens is 266 g/mol. The van der Waals surface area contributed by atoms with E-state index in [-0.39, 0.29) is 5.69 Å². The second-order valence-electron chi connectivity index (χ2n) is 4.66. The third kappa shape index (κ3) is 2.56. The molecule has 1 heterocycles. The van der Waals surface area contributed by atoms with Crippen molar-refractivity contribution in [3.63, 3.8) is 0 Å². The largest absolute Gasteiger partial charge is 0.497 e. The summed E-state index contributed by atoms with van der Waals surface area (Å²) >= 11 is 0. The lowest BCUT2D eigenvalue weighted by molar-refractivity contribution is 0.0690. The van der Waals surface area contributed by atoms with Crippen LogP contribution in [0.5, 0.6) is 5.75 Å². The Morgan fingerprint density at radius 3 is 2.48 bits per heavy atom. The van der Waals surface area contributed by atoms with Crippen LogP contribution in [0.25, 0.3) is 21.9 Å². The fourth-order valence-electron chi connectivity index (χ4n) is 2.26. The van der Waals surface area contributed by atoms with Crippen molar-refractivity contribution in [1.29, 1.82) is 0 Å². The fraction of sp³-hybridized carbons (Fsp3) is 0.0588. The minimum atomic E-state index is -1.03.